The first-order valence-corrected chi connectivity index (χ1v) is 6.63. The number of ketones is 1. The molecular weight excluding hydrogens is 255 g/mol. The molecular formula is C17H17FO2. The van der Waals surface area contributed by atoms with Crippen molar-refractivity contribution in [3.63, 3.8) is 0 Å². The zero-order valence-corrected chi connectivity index (χ0v) is 11.4. The van der Waals surface area contributed by atoms with Gasteiger partial charge in [0.2, 0.25) is 0 Å². The van der Waals surface area contributed by atoms with Crippen molar-refractivity contribution in [3.8, 4) is 5.75 Å². The Bertz CT molecular complexity index is 576. The fraction of sp³-hybridized carbons (Fsp3) is 0.235. The smallest absolute Gasteiger partial charge is 0.163 e. The van der Waals surface area contributed by atoms with E-state index in [1.807, 2.05) is 31.2 Å². The van der Waals surface area contributed by atoms with E-state index in [4.69, 9.17) is 4.74 Å². The van der Waals surface area contributed by atoms with E-state index in [2.05, 4.69) is 0 Å². The second kappa shape index (κ2) is 6.85. The van der Waals surface area contributed by atoms with Gasteiger partial charge in [-0.1, -0.05) is 12.1 Å². The van der Waals surface area contributed by atoms with Crippen molar-refractivity contribution in [1.29, 1.82) is 0 Å². The highest BCUT2D eigenvalue weighted by atomic mass is 19.1. The molecule has 0 aliphatic rings. The van der Waals surface area contributed by atoms with Crippen LogP contribution in [0.3, 0.4) is 0 Å². The Morgan fingerprint density at radius 1 is 1.15 bits per heavy atom. The summed E-state index contributed by atoms with van der Waals surface area (Å²) in [5, 5.41) is 0. The lowest BCUT2D eigenvalue weighted by atomic mass is 10.1. The van der Waals surface area contributed by atoms with E-state index in [9.17, 15) is 9.18 Å². The van der Waals surface area contributed by atoms with E-state index in [-0.39, 0.29) is 11.6 Å². The zero-order chi connectivity index (χ0) is 14.4. The normalized spacial score (nSPS) is 10.3. The lowest BCUT2D eigenvalue weighted by Gasteiger charge is -2.06. The van der Waals surface area contributed by atoms with Crippen LogP contribution >= 0.6 is 0 Å². The van der Waals surface area contributed by atoms with E-state index >= 15 is 0 Å². The number of hydrogen-bond donors (Lipinski definition) is 0. The molecule has 0 atom stereocenters. The van der Waals surface area contributed by atoms with Gasteiger partial charge in [0.1, 0.15) is 11.6 Å². The molecule has 104 valence electrons. The van der Waals surface area contributed by atoms with E-state index in [1.54, 1.807) is 0 Å². The number of carbonyl (C=O) groups excluding carboxylic acids is 1. The first kappa shape index (κ1) is 14.3. The zero-order valence-electron chi connectivity index (χ0n) is 11.4. The number of benzene rings is 2. The van der Waals surface area contributed by atoms with Gasteiger partial charge in [-0.15, -0.1) is 0 Å². The molecule has 0 bridgehead atoms. The van der Waals surface area contributed by atoms with Gasteiger partial charge in [-0.25, -0.2) is 4.39 Å². The number of halogens is 1. The predicted octanol–water partition coefficient (Wildman–Crippen LogP) is 4.18. The van der Waals surface area contributed by atoms with Crippen LogP contribution in [-0.4, -0.2) is 12.4 Å². The third-order valence-corrected chi connectivity index (χ3v) is 2.97. The summed E-state index contributed by atoms with van der Waals surface area (Å²) in [7, 11) is 0. The minimum absolute atomic E-state index is 0.0119. The van der Waals surface area contributed by atoms with Crippen LogP contribution < -0.4 is 4.74 Å². The van der Waals surface area contributed by atoms with Crippen molar-refractivity contribution in [3.05, 3.63) is 65.5 Å². The highest BCUT2D eigenvalue weighted by molar-refractivity contribution is 5.95. The summed E-state index contributed by atoms with van der Waals surface area (Å²) in [6.45, 7) is 2.50. The molecule has 0 saturated heterocycles. The molecule has 0 heterocycles. The fourth-order valence-corrected chi connectivity index (χ4v) is 1.91. The summed E-state index contributed by atoms with van der Waals surface area (Å²) >= 11 is 0. The largest absolute Gasteiger partial charge is 0.494 e. The number of Topliss-reactive ketones (excluding diaryl/α,β-unsaturated/α-hetero) is 1. The van der Waals surface area contributed by atoms with Gasteiger partial charge >= 0.3 is 0 Å². The monoisotopic (exact) mass is 272 g/mol. The van der Waals surface area contributed by atoms with Crippen molar-refractivity contribution in [1.82, 2.24) is 0 Å². The van der Waals surface area contributed by atoms with Crippen LogP contribution in [0.4, 0.5) is 4.39 Å². The number of ether oxygens (including phenoxy) is 1. The van der Waals surface area contributed by atoms with Crippen molar-refractivity contribution in [2.24, 2.45) is 0 Å². The van der Waals surface area contributed by atoms with Crippen molar-refractivity contribution in [2.75, 3.05) is 6.61 Å². The second-order valence-corrected chi connectivity index (χ2v) is 4.70. The average Bonchev–Trinajstić information content (AvgIpc) is 2.44. The standard InChI is InChI=1S/C17H17FO2/c1-13-4-2-5-16(12-13)20-11-3-6-17(19)14-7-9-15(18)10-8-14/h2,4-5,7-10,12H,3,6,11H2,1H3. The molecule has 2 rings (SSSR count). The van der Waals surface area contributed by atoms with Crippen LogP contribution in [0.2, 0.25) is 0 Å². The summed E-state index contributed by atoms with van der Waals surface area (Å²) < 4.78 is 18.3. The molecule has 0 amide bonds. The second-order valence-electron chi connectivity index (χ2n) is 4.70. The van der Waals surface area contributed by atoms with Gasteiger partial charge in [0.05, 0.1) is 6.61 Å². The molecule has 2 aromatic carbocycles. The molecule has 0 radical (unpaired) electrons. The van der Waals surface area contributed by atoms with Gasteiger partial charge in [-0.3, -0.25) is 4.79 Å². The molecule has 2 nitrogen and oxygen atoms in total. The molecule has 0 saturated carbocycles. The molecule has 20 heavy (non-hydrogen) atoms. The lowest BCUT2D eigenvalue weighted by molar-refractivity contribution is 0.0973. The summed E-state index contributed by atoms with van der Waals surface area (Å²) in [5.74, 6) is 0.501. The van der Waals surface area contributed by atoms with Crippen LogP contribution in [0.25, 0.3) is 0 Å². The summed E-state index contributed by atoms with van der Waals surface area (Å²) in [6.07, 6.45) is 1.04. The maximum atomic E-state index is 12.7. The Hall–Kier alpha value is -2.16. The maximum Gasteiger partial charge on any atom is 0.163 e. The number of rotatable bonds is 6. The Labute approximate surface area is 118 Å². The van der Waals surface area contributed by atoms with E-state index in [0.717, 1.165) is 11.3 Å². The van der Waals surface area contributed by atoms with Gasteiger partial charge in [-0.2, -0.15) is 0 Å². The van der Waals surface area contributed by atoms with Gasteiger partial charge < -0.3 is 4.74 Å². The minimum Gasteiger partial charge on any atom is -0.494 e. The maximum absolute atomic E-state index is 12.7. The van der Waals surface area contributed by atoms with Crippen LogP contribution in [0, 0.1) is 12.7 Å². The lowest BCUT2D eigenvalue weighted by Crippen LogP contribution is -2.04. The van der Waals surface area contributed by atoms with Crippen molar-refractivity contribution in [2.45, 2.75) is 19.8 Å². The highest BCUT2D eigenvalue weighted by Gasteiger charge is 2.05. The fourth-order valence-electron chi connectivity index (χ4n) is 1.91. The molecule has 0 aromatic heterocycles. The third-order valence-electron chi connectivity index (χ3n) is 2.97. The summed E-state index contributed by atoms with van der Waals surface area (Å²) in [6, 6.07) is 13.4. The molecule has 0 aliphatic carbocycles. The van der Waals surface area contributed by atoms with Crippen LogP contribution in [-0.2, 0) is 0 Å². The Morgan fingerprint density at radius 2 is 1.90 bits per heavy atom. The molecule has 0 fully saturated rings. The number of hydrogen-bond acceptors (Lipinski definition) is 2. The SMILES string of the molecule is Cc1cccc(OCCCC(=O)c2ccc(F)cc2)c1. The first-order valence-electron chi connectivity index (χ1n) is 6.63. The molecule has 0 aliphatic heterocycles. The van der Waals surface area contributed by atoms with Gasteiger partial charge in [0.25, 0.3) is 0 Å². The summed E-state index contributed by atoms with van der Waals surface area (Å²) in [4.78, 5) is 11.8. The minimum atomic E-state index is -0.329. The Kier molecular flexibility index (Phi) is 4.88. The molecule has 2 aromatic rings. The van der Waals surface area contributed by atoms with Crippen molar-refractivity contribution < 1.29 is 13.9 Å². The highest BCUT2D eigenvalue weighted by Crippen LogP contribution is 2.13. The van der Waals surface area contributed by atoms with E-state index in [1.165, 1.54) is 24.3 Å². The van der Waals surface area contributed by atoms with Crippen LogP contribution in [0.15, 0.2) is 48.5 Å². The van der Waals surface area contributed by atoms with E-state index < -0.39 is 0 Å². The Morgan fingerprint density at radius 3 is 2.60 bits per heavy atom. The summed E-state index contributed by atoms with van der Waals surface area (Å²) in [5.41, 5.74) is 1.69. The predicted molar refractivity (Wildman–Crippen MR) is 76.6 cm³/mol. The molecule has 0 N–H and O–H groups in total. The van der Waals surface area contributed by atoms with Crippen LogP contribution in [0.1, 0.15) is 28.8 Å². The third kappa shape index (κ3) is 4.19. The first-order chi connectivity index (χ1) is 9.65. The average molecular weight is 272 g/mol. The number of aryl methyl sites for hydroxylation is 1. The van der Waals surface area contributed by atoms with Crippen molar-refractivity contribution >= 4 is 5.78 Å². The van der Waals surface area contributed by atoms with Gasteiger partial charge in [0.15, 0.2) is 5.78 Å². The quantitative estimate of drug-likeness (QED) is 0.582. The van der Waals surface area contributed by atoms with Gasteiger partial charge in [0, 0.05) is 12.0 Å². The van der Waals surface area contributed by atoms with E-state index in [0.29, 0.717) is 25.0 Å². The topological polar surface area (TPSA) is 26.3 Å². The number of carbonyl (C=O) groups is 1. The van der Waals surface area contributed by atoms with Crippen LogP contribution in [0.5, 0.6) is 5.75 Å². The Balaban J connectivity index is 1.76. The molecule has 0 unspecified atom stereocenters. The molecule has 3 heteroatoms. The molecule has 0 spiro atoms. The van der Waals surface area contributed by atoms with Gasteiger partial charge in [-0.05, 0) is 55.3 Å².